The first-order valence-electron chi connectivity index (χ1n) is 12.0. The third-order valence-electron chi connectivity index (χ3n) is 6.73. The lowest BCUT2D eigenvalue weighted by Gasteiger charge is -2.50. The molecule has 4 N–H and O–H groups in total. The average molecular weight is 505 g/mol. The molecule has 0 spiro atoms. The highest BCUT2D eigenvalue weighted by Gasteiger charge is 2.57. The summed E-state index contributed by atoms with van der Waals surface area (Å²) in [5.74, 6) is 1.10. The third kappa shape index (κ3) is 4.94. The van der Waals surface area contributed by atoms with Gasteiger partial charge in [-0.25, -0.2) is 19.0 Å². The van der Waals surface area contributed by atoms with Crippen LogP contribution in [0.4, 0.5) is 16.0 Å². The van der Waals surface area contributed by atoms with E-state index in [4.69, 9.17) is 0 Å². The highest BCUT2D eigenvalue weighted by molar-refractivity contribution is 5.84. The molecular weight excluding hydrogens is 475 g/mol. The number of nitrogens with one attached hydrogen (secondary N) is 3. The zero-order valence-corrected chi connectivity index (χ0v) is 21.1. The van der Waals surface area contributed by atoms with E-state index in [2.05, 4.69) is 35.9 Å². The van der Waals surface area contributed by atoms with Crippen molar-refractivity contribution in [3.63, 3.8) is 0 Å². The maximum Gasteiger partial charge on any atom is 0.226 e. The minimum atomic E-state index is -1.21. The van der Waals surface area contributed by atoms with Gasteiger partial charge in [0, 0.05) is 18.0 Å². The predicted octanol–water partition coefficient (Wildman–Crippen LogP) is 3.75. The van der Waals surface area contributed by atoms with Crippen molar-refractivity contribution in [3.8, 4) is 5.82 Å². The number of aryl methyl sites for hydroxylation is 2. The van der Waals surface area contributed by atoms with Gasteiger partial charge in [0.2, 0.25) is 5.91 Å². The van der Waals surface area contributed by atoms with Crippen LogP contribution in [0.25, 0.3) is 5.82 Å². The van der Waals surface area contributed by atoms with Gasteiger partial charge in [-0.1, -0.05) is 13.0 Å². The summed E-state index contributed by atoms with van der Waals surface area (Å²) in [5.41, 5.74) is 1.23. The number of aliphatic hydroxyl groups is 1. The Morgan fingerprint density at radius 1 is 1.19 bits per heavy atom. The molecule has 1 atom stereocenters. The minimum Gasteiger partial charge on any atom is -0.383 e. The fourth-order valence-corrected chi connectivity index (χ4v) is 4.83. The van der Waals surface area contributed by atoms with Crippen LogP contribution >= 0.6 is 0 Å². The lowest BCUT2D eigenvalue weighted by Crippen LogP contribution is -2.56. The number of pyridine rings is 2. The molecule has 192 valence electrons. The van der Waals surface area contributed by atoms with Crippen molar-refractivity contribution >= 4 is 17.5 Å². The monoisotopic (exact) mass is 504 g/mol. The second-order valence-electron chi connectivity index (χ2n) is 10.2. The summed E-state index contributed by atoms with van der Waals surface area (Å²) >= 11 is 0. The number of nitrogens with zero attached hydrogens (tertiary/aromatic N) is 5. The van der Waals surface area contributed by atoms with Crippen LogP contribution in [-0.4, -0.2) is 41.0 Å². The van der Waals surface area contributed by atoms with Gasteiger partial charge in [0.05, 0.1) is 29.5 Å². The molecule has 1 aliphatic rings. The normalized spacial score (nSPS) is 21.8. The summed E-state index contributed by atoms with van der Waals surface area (Å²) in [6, 6.07) is 8.82. The van der Waals surface area contributed by atoms with E-state index < -0.39 is 16.8 Å². The van der Waals surface area contributed by atoms with E-state index in [1.54, 1.807) is 12.3 Å². The molecule has 1 aliphatic carbocycles. The van der Waals surface area contributed by atoms with E-state index in [1.807, 2.05) is 52.0 Å². The van der Waals surface area contributed by atoms with Gasteiger partial charge >= 0.3 is 0 Å². The number of carbonyl (C=O) groups is 1. The van der Waals surface area contributed by atoms with Gasteiger partial charge in [-0.15, -0.1) is 0 Å². The van der Waals surface area contributed by atoms with Gasteiger partial charge < -0.3 is 15.7 Å². The summed E-state index contributed by atoms with van der Waals surface area (Å²) in [7, 11) is 0. The summed E-state index contributed by atoms with van der Waals surface area (Å²) < 4.78 is 14.6. The van der Waals surface area contributed by atoms with E-state index in [9.17, 15) is 14.3 Å². The number of halogens is 1. The molecule has 5 rings (SSSR count). The van der Waals surface area contributed by atoms with Crippen molar-refractivity contribution in [2.75, 3.05) is 5.32 Å². The number of amides is 1. The van der Waals surface area contributed by atoms with Crippen LogP contribution < -0.4 is 10.6 Å². The number of aromatic amines is 1. The molecule has 4 aromatic heterocycles. The molecule has 37 heavy (non-hydrogen) atoms. The molecule has 1 saturated carbocycles. The Hall–Kier alpha value is -4.12. The van der Waals surface area contributed by atoms with E-state index >= 15 is 0 Å². The van der Waals surface area contributed by atoms with E-state index in [0.717, 1.165) is 23.0 Å². The number of anilines is 2. The second kappa shape index (κ2) is 9.07. The van der Waals surface area contributed by atoms with Crippen molar-refractivity contribution in [1.29, 1.82) is 0 Å². The molecule has 10 nitrogen and oxygen atoms in total. The Morgan fingerprint density at radius 3 is 2.59 bits per heavy atom. The first-order chi connectivity index (χ1) is 17.5. The summed E-state index contributed by atoms with van der Waals surface area (Å²) in [5, 5.41) is 28.5. The Kier molecular flexibility index (Phi) is 6.03. The number of hydrogen-bond acceptors (Lipinski definition) is 7. The van der Waals surface area contributed by atoms with Gasteiger partial charge in [0.25, 0.3) is 0 Å². The van der Waals surface area contributed by atoms with Crippen molar-refractivity contribution < 1.29 is 14.3 Å². The number of rotatable bonds is 7. The minimum absolute atomic E-state index is 0.152. The molecule has 0 unspecified atom stereocenters. The zero-order chi connectivity index (χ0) is 26.4. The Morgan fingerprint density at radius 2 is 1.97 bits per heavy atom. The van der Waals surface area contributed by atoms with Crippen molar-refractivity contribution in [1.82, 2.24) is 35.3 Å². The molecule has 0 saturated heterocycles. The molecule has 0 aromatic carbocycles. The van der Waals surface area contributed by atoms with Crippen LogP contribution in [0.1, 0.15) is 55.2 Å². The molecule has 1 fully saturated rings. The van der Waals surface area contributed by atoms with Crippen LogP contribution in [0.15, 0.2) is 48.9 Å². The maximum absolute atomic E-state index is 13.2. The van der Waals surface area contributed by atoms with Gasteiger partial charge in [-0.3, -0.25) is 9.89 Å². The SMILES string of the molecule is Cc1cc(Nc2cc(C)[nH]n2)nc([C@]2(O)C[C@](C)(C(=O)N[C@@H](C)c3ccc(-n4cc(F)cn4)nc3)C2)c1. The fourth-order valence-electron chi connectivity index (χ4n) is 4.83. The summed E-state index contributed by atoms with van der Waals surface area (Å²) in [6.07, 6.45) is 4.48. The highest BCUT2D eigenvalue weighted by Crippen LogP contribution is 2.54. The standard InChI is InChI=1S/C26H29FN8O2/c1-15-7-20(31-21(8-15)32-22-9-16(2)33-34-22)26(37)13-25(4,14-26)24(36)30-17(3)18-5-6-23(28-10-18)35-12-19(27)11-29-35/h5-12,17,37H,13-14H2,1-4H3,(H,30,36)(H2,31,32,33,34)/t17-,25-,26-/m0/s1. The lowest BCUT2D eigenvalue weighted by molar-refractivity contribution is -0.164. The first kappa shape index (κ1) is 24.6. The molecule has 0 aliphatic heterocycles. The molecule has 4 aromatic rings. The predicted molar refractivity (Wildman–Crippen MR) is 135 cm³/mol. The number of H-pyrrole nitrogens is 1. The van der Waals surface area contributed by atoms with Crippen molar-refractivity contribution in [2.24, 2.45) is 5.41 Å². The van der Waals surface area contributed by atoms with Gasteiger partial charge in [0.15, 0.2) is 17.5 Å². The zero-order valence-electron chi connectivity index (χ0n) is 21.1. The number of carbonyl (C=O) groups excluding carboxylic acids is 1. The largest absolute Gasteiger partial charge is 0.383 e. The molecule has 0 radical (unpaired) electrons. The van der Waals surface area contributed by atoms with Gasteiger partial charge in [0.1, 0.15) is 11.4 Å². The van der Waals surface area contributed by atoms with Gasteiger partial charge in [-0.05, 0) is 62.9 Å². The molecular formula is C26H29FN8O2. The summed E-state index contributed by atoms with van der Waals surface area (Å²) in [4.78, 5) is 22.1. The smallest absolute Gasteiger partial charge is 0.226 e. The van der Waals surface area contributed by atoms with Gasteiger partial charge in [-0.2, -0.15) is 10.2 Å². The first-order valence-corrected chi connectivity index (χ1v) is 12.0. The lowest BCUT2D eigenvalue weighted by atomic mass is 9.58. The molecule has 1 amide bonds. The van der Waals surface area contributed by atoms with Crippen molar-refractivity contribution in [2.45, 2.75) is 52.2 Å². The van der Waals surface area contributed by atoms with Crippen LogP contribution in [0.5, 0.6) is 0 Å². The molecule has 0 bridgehead atoms. The second-order valence-corrected chi connectivity index (χ2v) is 10.2. The van der Waals surface area contributed by atoms with E-state index in [-0.39, 0.29) is 24.8 Å². The van der Waals surface area contributed by atoms with Crippen LogP contribution in [0, 0.1) is 25.1 Å². The fraction of sp³-hybridized carbons (Fsp3) is 0.346. The topological polar surface area (TPSA) is 134 Å². The van der Waals surface area contributed by atoms with Crippen LogP contribution in [0.2, 0.25) is 0 Å². The van der Waals surface area contributed by atoms with E-state index in [1.165, 1.54) is 10.9 Å². The van der Waals surface area contributed by atoms with Crippen LogP contribution in [-0.2, 0) is 10.4 Å². The number of hydrogen-bond donors (Lipinski definition) is 4. The van der Waals surface area contributed by atoms with Crippen molar-refractivity contribution in [3.05, 3.63) is 77.3 Å². The number of aromatic nitrogens is 6. The highest BCUT2D eigenvalue weighted by atomic mass is 19.1. The molecule has 4 heterocycles. The third-order valence-corrected chi connectivity index (χ3v) is 6.73. The quantitative estimate of drug-likeness (QED) is 0.301. The summed E-state index contributed by atoms with van der Waals surface area (Å²) in [6.45, 7) is 7.56. The van der Waals surface area contributed by atoms with Crippen LogP contribution in [0.3, 0.4) is 0 Å². The average Bonchev–Trinajstić information content (AvgIpc) is 3.45. The Labute approximate surface area is 213 Å². The Balaban J connectivity index is 1.24. The maximum atomic E-state index is 13.2. The Bertz CT molecular complexity index is 1440. The molecule has 11 heteroatoms. The van der Waals surface area contributed by atoms with E-state index in [0.29, 0.717) is 23.1 Å².